The van der Waals surface area contributed by atoms with Crippen LogP contribution in [0.4, 0.5) is 0 Å². The molecule has 1 aliphatic heterocycles. The molecule has 1 heterocycles. The first kappa shape index (κ1) is 10.4. The molecule has 1 aliphatic carbocycles. The minimum Gasteiger partial charge on any atom is -0.389 e. The summed E-state index contributed by atoms with van der Waals surface area (Å²) in [6, 6.07) is 0. The third-order valence-electron chi connectivity index (χ3n) is 3.41. The van der Waals surface area contributed by atoms with Crippen LogP contribution in [0.5, 0.6) is 0 Å². The third-order valence-corrected chi connectivity index (χ3v) is 3.41. The summed E-state index contributed by atoms with van der Waals surface area (Å²) in [4.78, 5) is 2.34. The van der Waals surface area contributed by atoms with E-state index in [4.69, 9.17) is 4.74 Å². The monoisotopic (exact) mass is 199 g/mol. The van der Waals surface area contributed by atoms with Gasteiger partial charge in [0.1, 0.15) is 0 Å². The summed E-state index contributed by atoms with van der Waals surface area (Å²) in [5, 5.41) is 10.3. The highest BCUT2D eigenvalue weighted by molar-refractivity contribution is 4.86. The van der Waals surface area contributed by atoms with Gasteiger partial charge in [-0.2, -0.15) is 0 Å². The molecule has 0 unspecified atom stereocenters. The molecule has 2 rings (SSSR count). The van der Waals surface area contributed by atoms with E-state index in [0.29, 0.717) is 0 Å². The molecule has 1 saturated heterocycles. The van der Waals surface area contributed by atoms with E-state index < -0.39 is 5.60 Å². The highest BCUT2D eigenvalue weighted by Crippen LogP contribution is 2.28. The number of β-amino-alcohol motifs (C(OH)–C–C–N with tert-alkyl or cyclic N) is 1. The van der Waals surface area contributed by atoms with Gasteiger partial charge in [0, 0.05) is 19.6 Å². The summed E-state index contributed by atoms with van der Waals surface area (Å²) >= 11 is 0. The highest BCUT2D eigenvalue weighted by atomic mass is 16.5. The Morgan fingerprint density at radius 1 is 1.07 bits per heavy atom. The Labute approximate surface area is 86.0 Å². The summed E-state index contributed by atoms with van der Waals surface area (Å²) in [5.74, 6) is 0. The summed E-state index contributed by atoms with van der Waals surface area (Å²) in [5.41, 5.74) is -0.393. The molecule has 1 N–H and O–H groups in total. The van der Waals surface area contributed by atoms with Crippen molar-refractivity contribution in [2.24, 2.45) is 0 Å². The largest absolute Gasteiger partial charge is 0.389 e. The zero-order chi connectivity index (χ0) is 9.86. The van der Waals surface area contributed by atoms with E-state index in [9.17, 15) is 5.11 Å². The first-order valence-corrected chi connectivity index (χ1v) is 5.81. The lowest BCUT2D eigenvalue weighted by Gasteiger charge is -2.38. The van der Waals surface area contributed by atoms with Gasteiger partial charge in [-0.15, -0.1) is 0 Å². The van der Waals surface area contributed by atoms with Gasteiger partial charge < -0.3 is 9.84 Å². The number of hydrogen-bond donors (Lipinski definition) is 1. The van der Waals surface area contributed by atoms with Crippen molar-refractivity contribution in [1.29, 1.82) is 0 Å². The molecule has 2 fully saturated rings. The molecule has 1 saturated carbocycles. The van der Waals surface area contributed by atoms with Crippen LogP contribution in [0.1, 0.15) is 32.1 Å². The van der Waals surface area contributed by atoms with Gasteiger partial charge in [0.2, 0.25) is 0 Å². The SMILES string of the molecule is OC1(CN2CCOCC2)CCCCC1. The molecular formula is C11H21NO2. The maximum Gasteiger partial charge on any atom is 0.0774 e. The van der Waals surface area contributed by atoms with Crippen molar-refractivity contribution in [3.63, 3.8) is 0 Å². The lowest BCUT2D eigenvalue weighted by Crippen LogP contribution is -2.48. The number of hydrogen-bond acceptors (Lipinski definition) is 3. The minimum atomic E-state index is -0.393. The average Bonchev–Trinajstić information content (AvgIpc) is 2.19. The van der Waals surface area contributed by atoms with Crippen LogP contribution in [-0.4, -0.2) is 48.5 Å². The first-order chi connectivity index (χ1) is 6.79. The third kappa shape index (κ3) is 2.69. The van der Waals surface area contributed by atoms with E-state index in [1.54, 1.807) is 0 Å². The Kier molecular flexibility index (Phi) is 3.42. The van der Waals surface area contributed by atoms with Crippen LogP contribution in [-0.2, 0) is 4.74 Å². The fourth-order valence-electron chi connectivity index (χ4n) is 2.54. The van der Waals surface area contributed by atoms with Crippen molar-refractivity contribution in [1.82, 2.24) is 4.90 Å². The molecule has 0 aromatic carbocycles. The number of morpholine rings is 1. The Morgan fingerprint density at radius 2 is 1.71 bits per heavy atom. The van der Waals surface area contributed by atoms with Crippen LogP contribution < -0.4 is 0 Å². The summed E-state index contributed by atoms with van der Waals surface area (Å²) < 4.78 is 5.30. The Balaban J connectivity index is 1.81. The zero-order valence-electron chi connectivity index (χ0n) is 8.87. The second-order valence-electron chi connectivity index (χ2n) is 4.67. The lowest BCUT2D eigenvalue weighted by molar-refractivity contribution is -0.0507. The van der Waals surface area contributed by atoms with Crippen molar-refractivity contribution in [3.05, 3.63) is 0 Å². The van der Waals surface area contributed by atoms with Crippen LogP contribution >= 0.6 is 0 Å². The topological polar surface area (TPSA) is 32.7 Å². The van der Waals surface area contributed by atoms with Crippen molar-refractivity contribution < 1.29 is 9.84 Å². The van der Waals surface area contributed by atoms with Gasteiger partial charge in [-0.1, -0.05) is 19.3 Å². The summed E-state index contributed by atoms with van der Waals surface area (Å²) in [6.45, 7) is 4.49. The van der Waals surface area contributed by atoms with E-state index in [1.807, 2.05) is 0 Å². The predicted molar refractivity (Wildman–Crippen MR) is 55.3 cm³/mol. The molecule has 3 nitrogen and oxygen atoms in total. The van der Waals surface area contributed by atoms with Gasteiger partial charge in [0.25, 0.3) is 0 Å². The van der Waals surface area contributed by atoms with E-state index in [-0.39, 0.29) is 0 Å². The van der Waals surface area contributed by atoms with Gasteiger partial charge in [-0.25, -0.2) is 0 Å². The Morgan fingerprint density at radius 3 is 2.36 bits per heavy atom. The molecule has 2 aliphatic rings. The van der Waals surface area contributed by atoms with Crippen molar-refractivity contribution >= 4 is 0 Å². The number of ether oxygens (including phenoxy) is 1. The van der Waals surface area contributed by atoms with Crippen molar-refractivity contribution in [2.75, 3.05) is 32.8 Å². The molecule has 14 heavy (non-hydrogen) atoms. The normalized spacial score (nSPS) is 28.9. The smallest absolute Gasteiger partial charge is 0.0774 e. The number of nitrogens with zero attached hydrogens (tertiary/aromatic N) is 1. The van der Waals surface area contributed by atoms with Crippen molar-refractivity contribution in [2.45, 2.75) is 37.7 Å². The van der Waals surface area contributed by atoms with E-state index in [0.717, 1.165) is 45.7 Å². The van der Waals surface area contributed by atoms with Gasteiger partial charge in [-0.3, -0.25) is 4.90 Å². The standard InChI is InChI=1S/C11H21NO2/c13-11(4-2-1-3-5-11)10-12-6-8-14-9-7-12/h13H,1-10H2. The fourth-order valence-corrected chi connectivity index (χ4v) is 2.54. The van der Waals surface area contributed by atoms with Gasteiger partial charge >= 0.3 is 0 Å². The molecular weight excluding hydrogens is 178 g/mol. The van der Waals surface area contributed by atoms with E-state index >= 15 is 0 Å². The lowest BCUT2D eigenvalue weighted by atomic mass is 9.84. The van der Waals surface area contributed by atoms with Crippen LogP contribution in [0.15, 0.2) is 0 Å². The minimum absolute atomic E-state index is 0.393. The molecule has 0 aromatic heterocycles. The molecule has 3 heteroatoms. The van der Waals surface area contributed by atoms with Crippen LogP contribution in [0.3, 0.4) is 0 Å². The second kappa shape index (κ2) is 4.60. The predicted octanol–water partition coefficient (Wildman–Crippen LogP) is 1.01. The summed E-state index contributed by atoms with van der Waals surface area (Å²) in [6.07, 6.45) is 5.67. The maximum absolute atomic E-state index is 10.3. The molecule has 0 atom stereocenters. The average molecular weight is 199 g/mol. The van der Waals surface area contributed by atoms with Crippen LogP contribution in [0.2, 0.25) is 0 Å². The maximum atomic E-state index is 10.3. The second-order valence-corrected chi connectivity index (χ2v) is 4.67. The quantitative estimate of drug-likeness (QED) is 0.720. The van der Waals surface area contributed by atoms with Gasteiger partial charge in [0.05, 0.1) is 18.8 Å². The molecule has 0 bridgehead atoms. The fraction of sp³-hybridized carbons (Fsp3) is 1.00. The molecule has 0 spiro atoms. The van der Waals surface area contributed by atoms with E-state index in [1.165, 1.54) is 19.3 Å². The molecule has 0 amide bonds. The Hall–Kier alpha value is -0.120. The molecule has 0 radical (unpaired) electrons. The van der Waals surface area contributed by atoms with Crippen LogP contribution in [0, 0.1) is 0 Å². The van der Waals surface area contributed by atoms with Crippen molar-refractivity contribution in [3.8, 4) is 0 Å². The van der Waals surface area contributed by atoms with Gasteiger partial charge in [-0.05, 0) is 12.8 Å². The van der Waals surface area contributed by atoms with Gasteiger partial charge in [0.15, 0.2) is 0 Å². The number of aliphatic hydroxyl groups is 1. The summed E-state index contributed by atoms with van der Waals surface area (Å²) in [7, 11) is 0. The van der Waals surface area contributed by atoms with Crippen LogP contribution in [0.25, 0.3) is 0 Å². The number of rotatable bonds is 2. The molecule has 0 aromatic rings. The highest BCUT2D eigenvalue weighted by Gasteiger charge is 2.31. The first-order valence-electron chi connectivity index (χ1n) is 5.81. The van der Waals surface area contributed by atoms with E-state index in [2.05, 4.69) is 4.90 Å². The Bertz CT molecular complexity index is 172. The molecule has 82 valence electrons. The zero-order valence-corrected chi connectivity index (χ0v) is 8.87.